The number of hydrogen-bond donors (Lipinski definition) is 3. The molecule has 134 valence electrons. The largest absolute Gasteiger partial charge is 0.491 e. The van der Waals surface area contributed by atoms with Crippen LogP contribution in [0.1, 0.15) is 45.8 Å². The first-order valence-corrected chi connectivity index (χ1v) is 8.64. The molecule has 0 aliphatic carbocycles. The third kappa shape index (κ3) is 8.02. The van der Waals surface area contributed by atoms with Crippen LogP contribution in [0.5, 0.6) is 5.75 Å². The highest BCUT2D eigenvalue weighted by Crippen LogP contribution is 2.20. The molecule has 0 saturated carbocycles. The zero-order valence-electron chi connectivity index (χ0n) is 15.2. The minimum atomic E-state index is -0.660. The Morgan fingerprint density at radius 1 is 1.33 bits per heavy atom. The van der Waals surface area contributed by atoms with Gasteiger partial charge < -0.3 is 20.5 Å². The maximum atomic E-state index is 10.4. The normalized spacial score (nSPS) is 13.3. The number of nitrogens with zero attached hydrogens (tertiary/aromatic N) is 1. The quantitative estimate of drug-likeness (QED) is 0.281. The molecule has 5 heteroatoms. The van der Waals surface area contributed by atoms with E-state index >= 15 is 0 Å². The van der Waals surface area contributed by atoms with Crippen molar-refractivity contribution >= 4 is 5.96 Å². The summed E-state index contributed by atoms with van der Waals surface area (Å²) in [5.41, 5.74) is 0.807. The van der Waals surface area contributed by atoms with Crippen molar-refractivity contribution in [3.63, 3.8) is 0 Å². The number of aliphatic imine (C=N–C) groups is 1. The fourth-order valence-corrected chi connectivity index (χ4v) is 2.13. The summed E-state index contributed by atoms with van der Waals surface area (Å²) < 4.78 is 5.67. The molecule has 0 fully saturated rings. The molecule has 0 aromatic heterocycles. The van der Waals surface area contributed by atoms with E-state index < -0.39 is 6.10 Å². The lowest BCUT2D eigenvalue weighted by atomic mass is 10.1. The molecule has 1 rings (SSSR count). The average molecular weight is 333 g/mol. The molecule has 1 unspecified atom stereocenters. The van der Waals surface area contributed by atoms with Crippen LogP contribution in [-0.4, -0.2) is 36.8 Å². The number of benzene rings is 1. The summed E-state index contributed by atoms with van der Waals surface area (Å²) in [4.78, 5) is 4.46. The van der Waals surface area contributed by atoms with E-state index in [0.29, 0.717) is 6.54 Å². The van der Waals surface area contributed by atoms with Crippen LogP contribution in [0.3, 0.4) is 0 Å². The highest BCUT2D eigenvalue weighted by Gasteiger charge is 2.09. The van der Waals surface area contributed by atoms with Crippen molar-refractivity contribution < 1.29 is 9.84 Å². The molecule has 0 radical (unpaired) electrons. The maximum absolute atomic E-state index is 10.4. The van der Waals surface area contributed by atoms with Gasteiger partial charge in [0.2, 0.25) is 0 Å². The van der Waals surface area contributed by atoms with Crippen LogP contribution in [0, 0.1) is 0 Å². The summed E-state index contributed by atoms with van der Waals surface area (Å²) in [5, 5.41) is 16.8. The van der Waals surface area contributed by atoms with Gasteiger partial charge in [0.25, 0.3) is 0 Å². The monoisotopic (exact) mass is 333 g/mol. The number of aliphatic hydroxyl groups is 1. The molecule has 0 aliphatic heterocycles. The Kier molecular flexibility index (Phi) is 9.61. The highest BCUT2D eigenvalue weighted by molar-refractivity contribution is 5.79. The predicted molar refractivity (Wildman–Crippen MR) is 101 cm³/mol. The number of nitrogens with one attached hydrogen (secondary N) is 2. The molecule has 0 spiro atoms. The fourth-order valence-electron chi connectivity index (χ4n) is 2.13. The van der Waals surface area contributed by atoms with Crippen molar-refractivity contribution in [2.24, 2.45) is 4.99 Å². The molecule has 0 amide bonds. The number of ether oxygens (including phenoxy) is 1. The SMILES string of the molecule is C/C=C/CCNC(=NCC(O)c1cccc(OC(C)C)c1)NCC. The average Bonchev–Trinajstić information content (AvgIpc) is 2.55. The van der Waals surface area contributed by atoms with Crippen LogP contribution in [0.15, 0.2) is 41.4 Å². The van der Waals surface area contributed by atoms with Gasteiger partial charge in [-0.2, -0.15) is 0 Å². The smallest absolute Gasteiger partial charge is 0.191 e. The van der Waals surface area contributed by atoms with Crippen LogP contribution < -0.4 is 15.4 Å². The van der Waals surface area contributed by atoms with Crippen molar-refractivity contribution in [1.82, 2.24) is 10.6 Å². The summed E-state index contributed by atoms with van der Waals surface area (Å²) in [6.45, 7) is 9.88. The Morgan fingerprint density at radius 3 is 2.79 bits per heavy atom. The Balaban J connectivity index is 2.63. The third-order valence-electron chi connectivity index (χ3n) is 3.22. The van der Waals surface area contributed by atoms with Crippen LogP contribution in [0.25, 0.3) is 0 Å². The lowest BCUT2D eigenvalue weighted by Gasteiger charge is -2.15. The second kappa shape index (κ2) is 11.5. The topological polar surface area (TPSA) is 65.9 Å². The predicted octanol–water partition coefficient (Wildman–Crippen LogP) is 3.03. The van der Waals surface area contributed by atoms with E-state index in [1.165, 1.54) is 0 Å². The molecule has 0 bridgehead atoms. The van der Waals surface area contributed by atoms with Crippen LogP contribution >= 0.6 is 0 Å². The molecule has 1 aromatic rings. The minimum absolute atomic E-state index is 0.108. The first kappa shape index (κ1) is 20.0. The van der Waals surface area contributed by atoms with Gasteiger partial charge in [0.15, 0.2) is 5.96 Å². The van der Waals surface area contributed by atoms with E-state index in [2.05, 4.69) is 21.7 Å². The second-order valence-corrected chi connectivity index (χ2v) is 5.76. The van der Waals surface area contributed by atoms with Crippen LogP contribution in [-0.2, 0) is 0 Å². The van der Waals surface area contributed by atoms with Gasteiger partial charge in [0.1, 0.15) is 5.75 Å². The molecule has 0 heterocycles. The summed E-state index contributed by atoms with van der Waals surface area (Å²) >= 11 is 0. The summed E-state index contributed by atoms with van der Waals surface area (Å²) in [7, 11) is 0. The Morgan fingerprint density at radius 2 is 2.12 bits per heavy atom. The molecule has 1 atom stereocenters. The van der Waals surface area contributed by atoms with E-state index in [0.717, 1.165) is 36.8 Å². The summed E-state index contributed by atoms with van der Waals surface area (Å²) in [5.74, 6) is 1.48. The Hall–Kier alpha value is -2.01. The van der Waals surface area contributed by atoms with Gasteiger partial charge in [0.05, 0.1) is 18.8 Å². The van der Waals surface area contributed by atoms with Crippen molar-refractivity contribution in [3.8, 4) is 5.75 Å². The van der Waals surface area contributed by atoms with Crippen LogP contribution in [0.2, 0.25) is 0 Å². The van der Waals surface area contributed by atoms with Gasteiger partial charge in [0, 0.05) is 13.1 Å². The molecule has 24 heavy (non-hydrogen) atoms. The Labute approximate surface area is 145 Å². The summed E-state index contributed by atoms with van der Waals surface area (Å²) in [6.07, 6.45) is 4.52. The van der Waals surface area contributed by atoms with Crippen molar-refractivity contribution in [2.75, 3.05) is 19.6 Å². The lowest BCUT2D eigenvalue weighted by molar-refractivity contribution is 0.185. The number of allylic oxidation sites excluding steroid dienone is 1. The second-order valence-electron chi connectivity index (χ2n) is 5.76. The molecule has 1 aromatic carbocycles. The fraction of sp³-hybridized carbons (Fsp3) is 0.526. The van der Waals surface area contributed by atoms with E-state index in [1.807, 2.05) is 58.0 Å². The van der Waals surface area contributed by atoms with Crippen molar-refractivity contribution in [1.29, 1.82) is 0 Å². The first-order valence-electron chi connectivity index (χ1n) is 8.64. The maximum Gasteiger partial charge on any atom is 0.191 e. The number of aliphatic hydroxyl groups excluding tert-OH is 1. The number of rotatable bonds is 9. The molecule has 0 saturated heterocycles. The summed E-state index contributed by atoms with van der Waals surface area (Å²) in [6, 6.07) is 7.54. The van der Waals surface area contributed by atoms with Gasteiger partial charge >= 0.3 is 0 Å². The van der Waals surface area contributed by atoms with E-state index in [-0.39, 0.29) is 6.10 Å². The first-order chi connectivity index (χ1) is 11.6. The van der Waals surface area contributed by atoms with E-state index in [1.54, 1.807) is 0 Å². The van der Waals surface area contributed by atoms with Gasteiger partial charge in [-0.25, -0.2) is 0 Å². The highest BCUT2D eigenvalue weighted by atomic mass is 16.5. The molecule has 5 nitrogen and oxygen atoms in total. The van der Waals surface area contributed by atoms with Gasteiger partial charge in [-0.05, 0) is 51.8 Å². The van der Waals surface area contributed by atoms with Crippen LogP contribution in [0.4, 0.5) is 0 Å². The van der Waals surface area contributed by atoms with Gasteiger partial charge in [-0.1, -0.05) is 24.3 Å². The van der Waals surface area contributed by atoms with Crippen molar-refractivity contribution in [2.45, 2.75) is 46.3 Å². The zero-order chi connectivity index (χ0) is 17.8. The van der Waals surface area contributed by atoms with E-state index in [4.69, 9.17) is 4.74 Å². The standard InChI is InChI=1S/C19H31N3O2/c1-5-7-8-12-21-19(20-6-2)22-14-18(23)16-10-9-11-17(13-16)24-15(3)4/h5,7,9-11,13,15,18,23H,6,8,12,14H2,1-4H3,(H2,20,21,22)/b7-5+. The molecular formula is C19H31N3O2. The van der Waals surface area contributed by atoms with Gasteiger partial charge in [-0.15, -0.1) is 0 Å². The number of guanidine groups is 1. The Bertz CT molecular complexity index is 527. The minimum Gasteiger partial charge on any atom is -0.491 e. The van der Waals surface area contributed by atoms with E-state index in [9.17, 15) is 5.11 Å². The molecule has 0 aliphatic rings. The third-order valence-corrected chi connectivity index (χ3v) is 3.22. The number of hydrogen-bond acceptors (Lipinski definition) is 3. The van der Waals surface area contributed by atoms with Crippen molar-refractivity contribution in [3.05, 3.63) is 42.0 Å². The van der Waals surface area contributed by atoms with Gasteiger partial charge in [-0.3, -0.25) is 4.99 Å². The zero-order valence-corrected chi connectivity index (χ0v) is 15.2. The lowest BCUT2D eigenvalue weighted by Crippen LogP contribution is -2.38. The molecular weight excluding hydrogens is 302 g/mol. The molecule has 3 N–H and O–H groups in total.